The van der Waals surface area contributed by atoms with Gasteiger partial charge in [0.2, 0.25) is 5.43 Å². The summed E-state index contributed by atoms with van der Waals surface area (Å²) in [5, 5.41) is 6.91. The van der Waals surface area contributed by atoms with Gasteiger partial charge in [0.1, 0.15) is 0 Å². The van der Waals surface area contributed by atoms with Crippen molar-refractivity contribution in [3.63, 3.8) is 0 Å². The maximum atomic E-state index is 12.4. The summed E-state index contributed by atoms with van der Waals surface area (Å²) in [6.07, 6.45) is 1.56. The second-order valence-electron chi connectivity index (χ2n) is 5.64. The number of carbonyl (C=O) groups is 1. The van der Waals surface area contributed by atoms with Gasteiger partial charge < -0.3 is 5.32 Å². The van der Waals surface area contributed by atoms with E-state index in [0.29, 0.717) is 5.69 Å². The van der Waals surface area contributed by atoms with Gasteiger partial charge >= 0.3 is 0 Å². The van der Waals surface area contributed by atoms with E-state index in [1.54, 1.807) is 12.3 Å². The quantitative estimate of drug-likeness (QED) is 0.807. The molecule has 1 aromatic heterocycles. The Morgan fingerprint density at radius 2 is 1.71 bits per heavy atom. The van der Waals surface area contributed by atoms with Crippen LogP contribution in [-0.2, 0) is 0 Å². The highest BCUT2D eigenvalue weighted by molar-refractivity contribution is 6.02. The van der Waals surface area contributed by atoms with Crippen LogP contribution in [0, 0.1) is 13.8 Å². The van der Waals surface area contributed by atoms with E-state index in [2.05, 4.69) is 10.4 Å². The lowest BCUT2D eigenvalue weighted by molar-refractivity contribution is 0.101. The van der Waals surface area contributed by atoms with Crippen molar-refractivity contribution in [2.75, 3.05) is 5.32 Å². The Kier molecular flexibility index (Phi) is 4.24. The first kappa shape index (κ1) is 15.7. The Labute approximate surface area is 139 Å². The average molecular weight is 319 g/mol. The monoisotopic (exact) mass is 319 g/mol. The molecule has 1 amide bonds. The van der Waals surface area contributed by atoms with Crippen LogP contribution in [0.25, 0.3) is 5.69 Å². The van der Waals surface area contributed by atoms with E-state index in [1.807, 2.05) is 56.3 Å². The molecule has 3 aromatic rings. The molecule has 0 bridgehead atoms. The summed E-state index contributed by atoms with van der Waals surface area (Å²) in [7, 11) is 0. The summed E-state index contributed by atoms with van der Waals surface area (Å²) in [5.41, 5.74) is 2.96. The molecule has 0 saturated heterocycles. The second-order valence-corrected chi connectivity index (χ2v) is 5.64. The highest BCUT2D eigenvalue weighted by Gasteiger charge is 2.13. The van der Waals surface area contributed by atoms with Crippen LogP contribution >= 0.6 is 0 Å². The fraction of sp³-hybridized carbons (Fsp3) is 0.105. The molecule has 0 atom stereocenters. The second kappa shape index (κ2) is 6.50. The number of amides is 1. The topological polar surface area (TPSA) is 64.0 Å². The molecule has 24 heavy (non-hydrogen) atoms. The maximum Gasteiger partial charge on any atom is 0.280 e. The smallest absolute Gasteiger partial charge is 0.280 e. The molecule has 0 aliphatic carbocycles. The lowest BCUT2D eigenvalue weighted by Gasteiger charge is -2.09. The zero-order chi connectivity index (χ0) is 17.1. The largest absolute Gasteiger partial charge is 0.320 e. The molecule has 5 nitrogen and oxygen atoms in total. The predicted molar refractivity (Wildman–Crippen MR) is 93.7 cm³/mol. The molecular formula is C19H17N3O2. The number of hydrogen-bond acceptors (Lipinski definition) is 3. The number of benzene rings is 2. The zero-order valence-corrected chi connectivity index (χ0v) is 13.5. The minimum absolute atomic E-state index is 0.138. The number of hydrogen-bond donors (Lipinski definition) is 1. The van der Waals surface area contributed by atoms with Crippen LogP contribution in [-0.4, -0.2) is 15.7 Å². The lowest BCUT2D eigenvalue weighted by atomic mass is 10.2. The van der Waals surface area contributed by atoms with Crippen LogP contribution in [0.2, 0.25) is 0 Å². The van der Waals surface area contributed by atoms with E-state index >= 15 is 0 Å². The van der Waals surface area contributed by atoms with Gasteiger partial charge in [-0.3, -0.25) is 9.59 Å². The summed E-state index contributed by atoms with van der Waals surface area (Å²) < 4.78 is 1.53. The third kappa shape index (κ3) is 3.41. The van der Waals surface area contributed by atoms with Gasteiger partial charge in [0, 0.05) is 18.0 Å². The van der Waals surface area contributed by atoms with Crippen molar-refractivity contribution in [3.05, 3.63) is 87.8 Å². The molecule has 0 fully saturated rings. The molecule has 0 unspecified atom stereocenters. The van der Waals surface area contributed by atoms with E-state index in [4.69, 9.17) is 0 Å². The summed E-state index contributed by atoms with van der Waals surface area (Å²) in [5.74, 6) is -0.521. The summed E-state index contributed by atoms with van der Waals surface area (Å²) in [6, 6.07) is 16.4. The van der Waals surface area contributed by atoms with Gasteiger partial charge in [-0.25, -0.2) is 4.68 Å². The first-order valence-corrected chi connectivity index (χ1v) is 7.58. The van der Waals surface area contributed by atoms with Crippen molar-refractivity contribution in [2.24, 2.45) is 0 Å². The molecule has 1 heterocycles. The fourth-order valence-corrected chi connectivity index (χ4v) is 2.39. The maximum absolute atomic E-state index is 12.4. The number of carbonyl (C=O) groups excluding carboxylic acids is 1. The summed E-state index contributed by atoms with van der Waals surface area (Å²) in [4.78, 5) is 24.4. The van der Waals surface area contributed by atoms with Crippen molar-refractivity contribution in [1.29, 1.82) is 0 Å². The Bertz CT molecular complexity index is 961. The summed E-state index contributed by atoms with van der Waals surface area (Å²) >= 11 is 0. The van der Waals surface area contributed by atoms with Crippen LogP contribution < -0.4 is 10.7 Å². The van der Waals surface area contributed by atoms with Crippen LogP contribution in [0.5, 0.6) is 0 Å². The van der Waals surface area contributed by atoms with Crippen LogP contribution in [0.1, 0.15) is 21.6 Å². The molecule has 120 valence electrons. The summed E-state index contributed by atoms with van der Waals surface area (Å²) in [6.45, 7) is 3.90. The number of aryl methyl sites for hydroxylation is 2. The van der Waals surface area contributed by atoms with Crippen molar-refractivity contribution in [1.82, 2.24) is 9.78 Å². The first-order chi connectivity index (χ1) is 11.5. The third-order valence-electron chi connectivity index (χ3n) is 3.57. The van der Waals surface area contributed by atoms with Gasteiger partial charge in [-0.05, 0) is 49.2 Å². The van der Waals surface area contributed by atoms with E-state index in [1.165, 1.54) is 10.7 Å². The van der Waals surface area contributed by atoms with Gasteiger partial charge in [-0.15, -0.1) is 0 Å². The molecule has 2 aromatic carbocycles. The van der Waals surface area contributed by atoms with E-state index < -0.39 is 11.3 Å². The van der Waals surface area contributed by atoms with Gasteiger partial charge in [0.05, 0.1) is 5.69 Å². The number of anilines is 1. The van der Waals surface area contributed by atoms with Crippen LogP contribution in [0.4, 0.5) is 5.69 Å². The molecule has 0 radical (unpaired) electrons. The van der Waals surface area contributed by atoms with Gasteiger partial charge in [-0.1, -0.05) is 24.3 Å². The number of nitrogens with one attached hydrogen (secondary N) is 1. The van der Waals surface area contributed by atoms with E-state index in [9.17, 15) is 9.59 Å². The highest BCUT2D eigenvalue weighted by Crippen LogP contribution is 2.11. The minimum atomic E-state index is -0.521. The standard InChI is InChI=1S/C19H17N3O2/c1-13-5-3-7-15(11-13)20-19(24)18-17(23)9-10-22(21-18)16-8-4-6-14(2)12-16/h3-12H,1-2H3,(H,20,24). The molecule has 3 rings (SSSR count). The van der Waals surface area contributed by atoms with Crippen LogP contribution in [0.3, 0.4) is 0 Å². The SMILES string of the molecule is Cc1cccc(NC(=O)c2nn(-c3cccc(C)c3)ccc2=O)c1. The van der Waals surface area contributed by atoms with Crippen LogP contribution in [0.15, 0.2) is 65.6 Å². The molecular weight excluding hydrogens is 302 g/mol. The molecule has 0 saturated carbocycles. The van der Waals surface area contributed by atoms with Crippen molar-refractivity contribution >= 4 is 11.6 Å². The number of rotatable bonds is 3. The molecule has 0 aliphatic heterocycles. The third-order valence-corrected chi connectivity index (χ3v) is 3.57. The van der Waals surface area contributed by atoms with E-state index in [0.717, 1.165) is 16.8 Å². The van der Waals surface area contributed by atoms with Gasteiger partial charge in [0.25, 0.3) is 5.91 Å². The van der Waals surface area contributed by atoms with Gasteiger partial charge in [0.15, 0.2) is 5.69 Å². The first-order valence-electron chi connectivity index (χ1n) is 7.58. The normalized spacial score (nSPS) is 10.4. The Morgan fingerprint density at radius 3 is 2.42 bits per heavy atom. The van der Waals surface area contributed by atoms with Crippen molar-refractivity contribution in [3.8, 4) is 5.69 Å². The number of nitrogens with zero attached hydrogens (tertiary/aromatic N) is 2. The molecule has 1 N–H and O–H groups in total. The van der Waals surface area contributed by atoms with Gasteiger partial charge in [-0.2, -0.15) is 5.10 Å². The average Bonchev–Trinajstić information content (AvgIpc) is 2.55. The fourth-order valence-electron chi connectivity index (χ4n) is 2.39. The van der Waals surface area contributed by atoms with Crippen molar-refractivity contribution < 1.29 is 4.79 Å². The predicted octanol–water partition coefficient (Wildman–Crippen LogP) is 3.10. The lowest BCUT2D eigenvalue weighted by Crippen LogP contribution is -2.25. The zero-order valence-electron chi connectivity index (χ0n) is 13.5. The Hall–Kier alpha value is -3.21. The molecule has 0 aliphatic rings. The highest BCUT2D eigenvalue weighted by atomic mass is 16.2. The molecule has 0 spiro atoms. The Balaban J connectivity index is 1.94. The van der Waals surface area contributed by atoms with Crippen molar-refractivity contribution in [2.45, 2.75) is 13.8 Å². The Morgan fingerprint density at radius 1 is 1.00 bits per heavy atom. The minimum Gasteiger partial charge on any atom is -0.320 e. The van der Waals surface area contributed by atoms with E-state index in [-0.39, 0.29) is 5.69 Å². The molecule has 5 heteroatoms. The number of aromatic nitrogens is 2.